The van der Waals surface area contributed by atoms with Crippen LogP contribution in [-0.2, 0) is 6.54 Å². The summed E-state index contributed by atoms with van der Waals surface area (Å²) in [4.78, 5) is 0. The van der Waals surface area contributed by atoms with E-state index < -0.39 is 5.50 Å². The molecule has 0 aromatic heterocycles. The Labute approximate surface area is 111 Å². The summed E-state index contributed by atoms with van der Waals surface area (Å²) in [6, 6.07) is 5.73. The number of methoxy groups -OCH3 is 2. The van der Waals surface area contributed by atoms with Crippen LogP contribution in [0.3, 0.4) is 0 Å². The van der Waals surface area contributed by atoms with Gasteiger partial charge >= 0.3 is 0 Å². The summed E-state index contributed by atoms with van der Waals surface area (Å²) in [5, 5.41) is 0. The third-order valence-corrected chi connectivity index (χ3v) is 4.02. The third-order valence-electron chi connectivity index (χ3n) is 2.94. The van der Waals surface area contributed by atoms with Crippen LogP contribution < -0.4 is 9.47 Å². The first-order chi connectivity index (χ1) is 8.72. The highest BCUT2D eigenvalue weighted by Crippen LogP contribution is 2.32. The Morgan fingerprint density at radius 3 is 2.89 bits per heavy atom. The van der Waals surface area contributed by atoms with Gasteiger partial charge in [-0.05, 0) is 30.9 Å². The number of nitrogens with zero attached hydrogens (tertiary/aromatic N) is 1. The van der Waals surface area contributed by atoms with Crippen LogP contribution in [0.1, 0.15) is 18.4 Å². The van der Waals surface area contributed by atoms with Crippen LogP contribution in [0.2, 0.25) is 0 Å². The molecule has 0 bridgehead atoms. The molecule has 1 aromatic carbocycles. The second kappa shape index (κ2) is 6.29. The average Bonchev–Trinajstić information content (AvgIpc) is 2.39. The normalized spacial score (nSPS) is 20.7. The van der Waals surface area contributed by atoms with Gasteiger partial charge in [0.2, 0.25) is 0 Å². The van der Waals surface area contributed by atoms with Gasteiger partial charge in [-0.25, -0.2) is 8.70 Å². The molecule has 1 heterocycles. The van der Waals surface area contributed by atoms with Crippen LogP contribution in [0.15, 0.2) is 18.2 Å². The minimum atomic E-state index is -0.775. The summed E-state index contributed by atoms with van der Waals surface area (Å²) in [6.07, 6.45) is 1.56. The fourth-order valence-corrected chi connectivity index (χ4v) is 3.03. The van der Waals surface area contributed by atoms with Gasteiger partial charge < -0.3 is 9.47 Å². The van der Waals surface area contributed by atoms with E-state index in [9.17, 15) is 4.39 Å². The van der Waals surface area contributed by atoms with Crippen molar-refractivity contribution in [1.29, 1.82) is 0 Å². The number of hydrogen-bond acceptors (Lipinski definition) is 4. The zero-order valence-corrected chi connectivity index (χ0v) is 11.5. The van der Waals surface area contributed by atoms with Gasteiger partial charge in [0.05, 0.1) is 14.2 Å². The van der Waals surface area contributed by atoms with E-state index in [2.05, 4.69) is 4.31 Å². The molecule has 0 radical (unpaired) electrons. The molecule has 0 saturated carbocycles. The molecule has 18 heavy (non-hydrogen) atoms. The van der Waals surface area contributed by atoms with E-state index in [0.29, 0.717) is 13.0 Å². The maximum atomic E-state index is 13.3. The van der Waals surface area contributed by atoms with E-state index in [1.165, 1.54) is 11.9 Å². The predicted molar refractivity (Wildman–Crippen MR) is 71.7 cm³/mol. The molecule has 0 N–H and O–H groups in total. The lowest BCUT2D eigenvalue weighted by Gasteiger charge is -2.28. The van der Waals surface area contributed by atoms with Crippen LogP contribution in [0.5, 0.6) is 11.5 Å². The monoisotopic (exact) mass is 271 g/mol. The largest absolute Gasteiger partial charge is 0.497 e. The Hall–Kier alpha value is -0.940. The standard InChI is InChI=1S/C13H18FNO2S/c1-16-11-6-5-10(12(8-11)17-2)9-15-7-3-4-13(14)18-15/h5-6,8,13H,3-4,7,9H2,1-2H3. The molecule has 1 saturated heterocycles. The van der Waals surface area contributed by atoms with E-state index in [1.807, 2.05) is 18.2 Å². The molecule has 0 spiro atoms. The Balaban J connectivity index is 2.08. The number of hydrogen-bond donors (Lipinski definition) is 0. The maximum absolute atomic E-state index is 13.3. The number of halogens is 1. The summed E-state index contributed by atoms with van der Waals surface area (Å²) in [5.74, 6) is 1.56. The van der Waals surface area contributed by atoms with Crippen LogP contribution in [-0.4, -0.2) is 30.6 Å². The first kappa shape index (κ1) is 13.5. The Morgan fingerprint density at radius 1 is 1.39 bits per heavy atom. The summed E-state index contributed by atoms with van der Waals surface area (Å²) in [6.45, 7) is 1.61. The van der Waals surface area contributed by atoms with E-state index in [4.69, 9.17) is 9.47 Å². The molecule has 2 rings (SSSR count). The molecule has 1 atom stereocenters. The average molecular weight is 271 g/mol. The topological polar surface area (TPSA) is 21.7 Å². The van der Waals surface area contributed by atoms with Crippen molar-refractivity contribution in [2.24, 2.45) is 0 Å². The van der Waals surface area contributed by atoms with Crippen LogP contribution >= 0.6 is 11.9 Å². The fourth-order valence-electron chi connectivity index (χ4n) is 1.98. The fraction of sp³-hybridized carbons (Fsp3) is 0.538. The highest BCUT2D eigenvalue weighted by molar-refractivity contribution is 7.97. The van der Waals surface area contributed by atoms with E-state index in [0.717, 1.165) is 30.0 Å². The summed E-state index contributed by atoms with van der Waals surface area (Å²) in [7, 11) is 3.27. The van der Waals surface area contributed by atoms with E-state index in [-0.39, 0.29) is 0 Å². The van der Waals surface area contributed by atoms with Crippen LogP contribution in [0, 0.1) is 0 Å². The maximum Gasteiger partial charge on any atom is 0.159 e. The number of alkyl halides is 1. The van der Waals surface area contributed by atoms with Crippen LogP contribution in [0.25, 0.3) is 0 Å². The molecule has 0 aliphatic carbocycles. The summed E-state index contributed by atoms with van der Waals surface area (Å²) in [5.41, 5.74) is 0.280. The molecule has 100 valence electrons. The second-order valence-electron chi connectivity index (χ2n) is 4.20. The SMILES string of the molecule is COc1ccc(CN2CCCC(F)S2)c(OC)c1. The van der Waals surface area contributed by atoms with Gasteiger partial charge in [0.25, 0.3) is 0 Å². The summed E-state index contributed by atoms with van der Waals surface area (Å²) < 4.78 is 25.9. The Kier molecular flexibility index (Phi) is 4.72. The van der Waals surface area contributed by atoms with E-state index >= 15 is 0 Å². The summed E-state index contributed by atoms with van der Waals surface area (Å²) >= 11 is 1.29. The van der Waals surface area contributed by atoms with Crippen molar-refractivity contribution in [2.75, 3.05) is 20.8 Å². The lowest BCUT2D eigenvalue weighted by molar-refractivity contribution is 0.334. The van der Waals surface area contributed by atoms with Crippen molar-refractivity contribution in [3.8, 4) is 11.5 Å². The van der Waals surface area contributed by atoms with Gasteiger partial charge in [-0.3, -0.25) is 0 Å². The van der Waals surface area contributed by atoms with Gasteiger partial charge in [0.1, 0.15) is 11.5 Å². The molecule has 1 aromatic rings. The molecule has 1 unspecified atom stereocenters. The predicted octanol–water partition coefficient (Wildman–Crippen LogP) is 3.24. The Morgan fingerprint density at radius 2 is 2.22 bits per heavy atom. The second-order valence-corrected chi connectivity index (χ2v) is 5.44. The van der Waals surface area contributed by atoms with E-state index in [1.54, 1.807) is 14.2 Å². The Bertz CT molecular complexity index is 403. The molecular weight excluding hydrogens is 253 g/mol. The van der Waals surface area contributed by atoms with Crippen molar-refractivity contribution >= 4 is 11.9 Å². The molecule has 3 nitrogen and oxygen atoms in total. The van der Waals surface area contributed by atoms with Crippen molar-refractivity contribution in [3.05, 3.63) is 23.8 Å². The van der Waals surface area contributed by atoms with Crippen molar-refractivity contribution in [3.63, 3.8) is 0 Å². The zero-order valence-electron chi connectivity index (χ0n) is 10.7. The zero-order chi connectivity index (χ0) is 13.0. The van der Waals surface area contributed by atoms with Crippen LogP contribution in [0.4, 0.5) is 4.39 Å². The first-order valence-electron chi connectivity index (χ1n) is 5.99. The number of rotatable bonds is 4. The molecule has 1 fully saturated rings. The van der Waals surface area contributed by atoms with Gasteiger partial charge in [0.15, 0.2) is 5.50 Å². The van der Waals surface area contributed by atoms with Gasteiger partial charge in [-0.1, -0.05) is 6.07 Å². The van der Waals surface area contributed by atoms with Crippen molar-refractivity contribution < 1.29 is 13.9 Å². The minimum absolute atomic E-state index is 0.654. The molecular formula is C13H18FNO2S. The molecule has 5 heteroatoms. The lowest BCUT2D eigenvalue weighted by atomic mass is 10.2. The lowest BCUT2D eigenvalue weighted by Crippen LogP contribution is -2.24. The first-order valence-corrected chi connectivity index (χ1v) is 6.83. The molecule has 1 aliphatic heterocycles. The third kappa shape index (κ3) is 3.29. The molecule has 0 amide bonds. The highest BCUT2D eigenvalue weighted by atomic mass is 32.2. The smallest absolute Gasteiger partial charge is 0.159 e. The number of ether oxygens (including phenoxy) is 2. The quantitative estimate of drug-likeness (QED) is 0.784. The highest BCUT2D eigenvalue weighted by Gasteiger charge is 2.21. The number of benzene rings is 1. The van der Waals surface area contributed by atoms with Crippen molar-refractivity contribution in [2.45, 2.75) is 24.9 Å². The van der Waals surface area contributed by atoms with Crippen molar-refractivity contribution in [1.82, 2.24) is 4.31 Å². The van der Waals surface area contributed by atoms with Gasteiger partial charge in [-0.2, -0.15) is 0 Å². The molecule has 1 aliphatic rings. The van der Waals surface area contributed by atoms with Gasteiger partial charge in [-0.15, -0.1) is 0 Å². The van der Waals surface area contributed by atoms with Gasteiger partial charge in [0, 0.05) is 24.7 Å². The minimum Gasteiger partial charge on any atom is -0.497 e.